The van der Waals surface area contributed by atoms with Gasteiger partial charge in [0.2, 0.25) is 5.91 Å². The molecule has 22 heavy (non-hydrogen) atoms. The molecule has 0 spiro atoms. The van der Waals surface area contributed by atoms with Gasteiger partial charge < -0.3 is 5.32 Å². The van der Waals surface area contributed by atoms with Gasteiger partial charge in [-0.1, -0.05) is 60.7 Å². The fourth-order valence-electron chi connectivity index (χ4n) is 2.39. The molecule has 0 heterocycles. The molecule has 2 atom stereocenters. The van der Waals surface area contributed by atoms with Crippen LogP contribution in [-0.4, -0.2) is 18.9 Å². The maximum atomic E-state index is 11.9. The Kier molecular flexibility index (Phi) is 4.95. The van der Waals surface area contributed by atoms with Crippen LogP contribution in [0.25, 0.3) is 0 Å². The average molecular weight is 319 g/mol. The first-order chi connectivity index (χ1) is 10.4. The van der Waals surface area contributed by atoms with Crippen LogP contribution in [0.3, 0.4) is 0 Å². The van der Waals surface area contributed by atoms with Crippen molar-refractivity contribution >= 4 is 16.0 Å². The van der Waals surface area contributed by atoms with E-state index in [0.717, 1.165) is 0 Å². The van der Waals surface area contributed by atoms with Crippen LogP contribution in [0.5, 0.6) is 0 Å². The minimum Gasteiger partial charge on any atom is -0.348 e. The van der Waals surface area contributed by atoms with Gasteiger partial charge in [-0.05, 0) is 11.1 Å². The monoisotopic (exact) mass is 319 g/mol. The Morgan fingerprint density at radius 1 is 0.955 bits per heavy atom. The Labute approximate surface area is 129 Å². The molecule has 0 saturated carbocycles. The highest BCUT2D eigenvalue weighted by Gasteiger charge is 2.35. The molecule has 0 aliphatic heterocycles. The van der Waals surface area contributed by atoms with Gasteiger partial charge in [0.1, 0.15) is 5.25 Å². The van der Waals surface area contributed by atoms with E-state index < -0.39 is 21.4 Å². The number of amides is 1. The summed E-state index contributed by atoms with van der Waals surface area (Å²) >= 11 is 0. The summed E-state index contributed by atoms with van der Waals surface area (Å²) in [6.07, 6.45) is 0. The van der Waals surface area contributed by atoms with Gasteiger partial charge in [0, 0.05) is 6.92 Å². The fraction of sp³-hybridized carbons (Fsp3) is 0.188. The van der Waals surface area contributed by atoms with Crippen molar-refractivity contribution < 1.29 is 17.8 Å². The van der Waals surface area contributed by atoms with Crippen molar-refractivity contribution in [2.45, 2.75) is 18.2 Å². The van der Waals surface area contributed by atoms with Crippen molar-refractivity contribution in [3.63, 3.8) is 0 Å². The lowest BCUT2D eigenvalue weighted by Gasteiger charge is -2.26. The predicted molar refractivity (Wildman–Crippen MR) is 83.7 cm³/mol. The molecule has 2 unspecified atom stereocenters. The molecule has 116 valence electrons. The summed E-state index contributed by atoms with van der Waals surface area (Å²) < 4.78 is 33.6. The van der Waals surface area contributed by atoms with Gasteiger partial charge in [-0.25, -0.2) is 0 Å². The zero-order valence-electron chi connectivity index (χ0n) is 12.0. The molecular formula is C16H17NO4S. The van der Waals surface area contributed by atoms with E-state index in [1.807, 2.05) is 0 Å². The summed E-state index contributed by atoms with van der Waals surface area (Å²) in [5.74, 6) is -0.376. The number of nitrogens with one attached hydrogen (secondary N) is 1. The summed E-state index contributed by atoms with van der Waals surface area (Å²) in [6.45, 7) is 1.31. The Morgan fingerprint density at radius 2 is 1.41 bits per heavy atom. The van der Waals surface area contributed by atoms with Crippen molar-refractivity contribution in [3.05, 3.63) is 71.8 Å². The highest BCUT2D eigenvalue weighted by Crippen LogP contribution is 2.35. The lowest BCUT2D eigenvalue weighted by molar-refractivity contribution is -0.119. The SMILES string of the molecule is CC(=O)NC(c1ccccc1)C(c1ccccc1)S(=O)(=O)O. The smallest absolute Gasteiger partial charge is 0.274 e. The van der Waals surface area contributed by atoms with Crippen molar-refractivity contribution in [1.29, 1.82) is 0 Å². The number of hydrogen-bond acceptors (Lipinski definition) is 3. The molecular weight excluding hydrogens is 302 g/mol. The average Bonchev–Trinajstić information content (AvgIpc) is 2.47. The topological polar surface area (TPSA) is 83.5 Å². The van der Waals surface area contributed by atoms with Gasteiger partial charge in [0.25, 0.3) is 10.1 Å². The number of carbonyl (C=O) groups excluding carboxylic acids is 1. The standard InChI is InChI=1S/C16H17NO4S/c1-12(18)17-15(13-8-4-2-5-9-13)16(22(19,20)21)14-10-6-3-7-11-14/h2-11,15-16H,1H3,(H,17,18)(H,19,20,21). The third kappa shape index (κ3) is 3.93. The molecule has 2 aromatic carbocycles. The number of hydrogen-bond donors (Lipinski definition) is 2. The number of carbonyl (C=O) groups is 1. The minimum absolute atomic E-state index is 0.376. The van der Waals surface area contributed by atoms with Crippen LogP contribution in [0.4, 0.5) is 0 Å². The predicted octanol–water partition coefficient (Wildman–Crippen LogP) is 2.49. The first-order valence-corrected chi connectivity index (χ1v) is 8.23. The Balaban J connectivity index is 2.56. The second kappa shape index (κ2) is 6.72. The fourth-order valence-corrected chi connectivity index (χ4v) is 3.46. The van der Waals surface area contributed by atoms with Crippen LogP contribution in [0.2, 0.25) is 0 Å². The maximum absolute atomic E-state index is 11.9. The molecule has 0 bridgehead atoms. The zero-order valence-corrected chi connectivity index (χ0v) is 12.8. The van der Waals surface area contributed by atoms with E-state index in [1.165, 1.54) is 6.92 Å². The molecule has 2 rings (SSSR count). The van der Waals surface area contributed by atoms with E-state index in [-0.39, 0.29) is 5.91 Å². The quantitative estimate of drug-likeness (QED) is 0.829. The lowest BCUT2D eigenvalue weighted by atomic mass is 9.98. The second-order valence-corrected chi connectivity index (χ2v) is 6.47. The summed E-state index contributed by atoms with van der Waals surface area (Å²) in [5.41, 5.74) is 1.01. The van der Waals surface area contributed by atoms with E-state index in [9.17, 15) is 17.8 Å². The molecule has 5 nitrogen and oxygen atoms in total. The molecule has 0 aliphatic carbocycles. The highest BCUT2D eigenvalue weighted by molar-refractivity contribution is 7.86. The molecule has 2 aromatic rings. The van der Waals surface area contributed by atoms with Gasteiger partial charge in [-0.3, -0.25) is 9.35 Å². The maximum Gasteiger partial charge on any atom is 0.274 e. The van der Waals surface area contributed by atoms with Gasteiger partial charge in [-0.2, -0.15) is 8.42 Å². The van der Waals surface area contributed by atoms with Crippen LogP contribution in [0.15, 0.2) is 60.7 Å². The van der Waals surface area contributed by atoms with Gasteiger partial charge in [0.15, 0.2) is 0 Å². The lowest BCUT2D eigenvalue weighted by Crippen LogP contribution is -2.34. The van der Waals surface area contributed by atoms with Gasteiger partial charge in [0.05, 0.1) is 6.04 Å². The summed E-state index contributed by atoms with van der Waals surface area (Å²) in [5, 5.41) is 1.35. The van der Waals surface area contributed by atoms with Crippen molar-refractivity contribution in [2.75, 3.05) is 0 Å². The van der Waals surface area contributed by atoms with Crippen LogP contribution >= 0.6 is 0 Å². The molecule has 0 aliphatic rings. The third-order valence-electron chi connectivity index (χ3n) is 3.27. The van der Waals surface area contributed by atoms with Crippen LogP contribution in [-0.2, 0) is 14.9 Å². The van der Waals surface area contributed by atoms with Crippen molar-refractivity contribution in [1.82, 2.24) is 5.32 Å². The Bertz CT molecular complexity index is 729. The summed E-state index contributed by atoms with van der Waals surface area (Å²) in [7, 11) is -4.43. The van der Waals surface area contributed by atoms with E-state index >= 15 is 0 Å². The molecule has 0 radical (unpaired) electrons. The van der Waals surface area contributed by atoms with E-state index in [2.05, 4.69) is 5.32 Å². The Morgan fingerprint density at radius 3 is 1.82 bits per heavy atom. The largest absolute Gasteiger partial charge is 0.348 e. The molecule has 1 amide bonds. The first kappa shape index (κ1) is 16.2. The summed E-state index contributed by atoms with van der Waals surface area (Å²) in [4.78, 5) is 11.5. The second-order valence-electron chi connectivity index (χ2n) is 4.94. The van der Waals surface area contributed by atoms with Gasteiger partial charge >= 0.3 is 0 Å². The molecule has 2 N–H and O–H groups in total. The highest BCUT2D eigenvalue weighted by atomic mass is 32.2. The number of benzene rings is 2. The molecule has 6 heteroatoms. The molecule has 0 aromatic heterocycles. The first-order valence-electron chi connectivity index (χ1n) is 6.73. The number of rotatable bonds is 5. The van der Waals surface area contributed by atoms with Crippen LogP contribution < -0.4 is 5.32 Å². The molecule has 0 saturated heterocycles. The van der Waals surface area contributed by atoms with Crippen molar-refractivity contribution in [2.24, 2.45) is 0 Å². The van der Waals surface area contributed by atoms with Gasteiger partial charge in [-0.15, -0.1) is 0 Å². The summed E-state index contributed by atoms with van der Waals surface area (Å²) in [6, 6.07) is 16.2. The van der Waals surface area contributed by atoms with E-state index in [4.69, 9.17) is 0 Å². The van der Waals surface area contributed by atoms with Crippen LogP contribution in [0.1, 0.15) is 29.3 Å². The minimum atomic E-state index is -4.43. The van der Waals surface area contributed by atoms with Crippen molar-refractivity contribution in [3.8, 4) is 0 Å². The third-order valence-corrected chi connectivity index (χ3v) is 4.46. The van der Waals surface area contributed by atoms with Crippen LogP contribution in [0, 0.1) is 0 Å². The zero-order chi connectivity index (χ0) is 16.2. The molecule has 0 fully saturated rings. The van der Waals surface area contributed by atoms with E-state index in [0.29, 0.717) is 11.1 Å². The normalized spacial score (nSPS) is 14.1. The Hall–Kier alpha value is -2.18. The van der Waals surface area contributed by atoms with E-state index in [1.54, 1.807) is 60.7 Å².